The minimum Gasteiger partial charge on any atom is -0.495 e. The van der Waals surface area contributed by atoms with Crippen molar-refractivity contribution in [1.82, 2.24) is 0 Å². The Labute approximate surface area is 128 Å². The normalized spacial score (nSPS) is 13.3. The Morgan fingerprint density at radius 2 is 1.55 bits per heavy atom. The smallest absolute Gasteiger partial charge is 0.266 e. The Hall–Kier alpha value is -2.82. The molecule has 0 N–H and O–H groups in total. The maximum atomic E-state index is 12.5. The Balaban J connectivity index is 2.08. The maximum Gasteiger partial charge on any atom is 0.266 e. The summed E-state index contributed by atoms with van der Waals surface area (Å²) in [6.07, 6.45) is 0. The second-order valence-electron chi connectivity index (χ2n) is 5.24. The number of hydrogen-bond donors (Lipinski definition) is 0. The molecule has 0 aromatic heterocycles. The van der Waals surface area contributed by atoms with E-state index >= 15 is 0 Å². The third kappa shape index (κ3) is 2.02. The van der Waals surface area contributed by atoms with Crippen LogP contribution in [0.3, 0.4) is 0 Å². The van der Waals surface area contributed by atoms with Crippen LogP contribution in [0, 0.1) is 0 Å². The van der Waals surface area contributed by atoms with Crippen LogP contribution in [-0.2, 0) is 0 Å². The average molecular weight is 296 g/mol. The summed E-state index contributed by atoms with van der Waals surface area (Å²) in [7, 11) is 5.35. The summed E-state index contributed by atoms with van der Waals surface area (Å²) in [4.78, 5) is 28.1. The van der Waals surface area contributed by atoms with Crippen molar-refractivity contribution in [3.05, 3.63) is 53.6 Å². The average Bonchev–Trinajstić information content (AvgIpc) is 2.79. The van der Waals surface area contributed by atoms with Gasteiger partial charge in [-0.15, -0.1) is 0 Å². The lowest BCUT2D eigenvalue weighted by Crippen LogP contribution is -2.29. The number of anilines is 2. The first kappa shape index (κ1) is 14.1. The number of ether oxygens (including phenoxy) is 1. The van der Waals surface area contributed by atoms with Gasteiger partial charge in [0.2, 0.25) is 0 Å². The molecule has 0 bridgehead atoms. The molecule has 1 heterocycles. The number of methoxy groups -OCH3 is 1. The van der Waals surface area contributed by atoms with Gasteiger partial charge in [-0.2, -0.15) is 0 Å². The second kappa shape index (κ2) is 5.18. The van der Waals surface area contributed by atoms with Gasteiger partial charge in [0.15, 0.2) is 0 Å². The summed E-state index contributed by atoms with van der Waals surface area (Å²) in [6, 6.07) is 12.1. The third-order valence-corrected chi connectivity index (χ3v) is 3.70. The number of rotatable bonds is 3. The van der Waals surface area contributed by atoms with Crippen LogP contribution < -0.4 is 14.5 Å². The number of hydrogen-bond acceptors (Lipinski definition) is 4. The van der Waals surface area contributed by atoms with Gasteiger partial charge in [-0.3, -0.25) is 9.59 Å². The van der Waals surface area contributed by atoms with Crippen molar-refractivity contribution >= 4 is 23.2 Å². The molecule has 0 saturated heterocycles. The lowest BCUT2D eigenvalue weighted by molar-refractivity contribution is 0.0926. The van der Waals surface area contributed by atoms with Crippen LogP contribution in [0.2, 0.25) is 0 Å². The molecule has 0 fully saturated rings. The van der Waals surface area contributed by atoms with Crippen LogP contribution in [0.15, 0.2) is 42.5 Å². The molecule has 1 aliphatic heterocycles. The Bertz CT molecular complexity index is 733. The second-order valence-corrected chi connectivity index (χ2v) is 5.24. The van der Waals surface area contributed by atoms with E-state index in [1.54, 1.807) is 49.6 Å². The number of imide groups is 1. The van der Waals surface area contributed by atoms with Crippen molar-refractivity contribution in [2.24, 2.45) is 0 Å². The van der Waals surface area contributed by atoms with Crippen LogP contribution in [0.4, 0.5) is 11.4 Å². The zero-order chi connectivity index (χ0) is 15.9. The fourth-order valence-electron chi connectivity index (χ4n) is 2.59. The Morgan fingerprint density at radius 3 is 2.05 bits per heavy atom. The minimum absolute atomic E-state index is 0.296. The van der Waals surface area contributed by atoms with E-state index in [1.165, 1.54) is 4.90 Å². The lowest BCUT2D eigenvalue weighted by atomic mass is 10.1. The first-order chi connectivity index (χ1) is 10.5. The standard InChI is InChI=1S/C17H16N2O3/c1-18(2)14-10-11(8-9-15(14)22-3)19-16(20)12-6-4-5-7-13(12)17(19)21/h4-10H,1-3H3. The molecule has 5 nitrogen and oxygen atoms in total. The van der Waals surface area contributed by atoms with Gasteiger partial charge < -0.3 is 9.64 Å². The van der Waals surface area contributed by atoms with E-state index in [0.717, 1.165) is 5.69 Å². The fraction of sp³-hybridized carbons (Fsp3) is 0.176. The van der Waals surface area contributed by atoms with Crippen LogP contribution in [0.1, 0.15) is 20.7 Å². The molecule has 0 saturated carbocycles. The van der Waals surface area contributed by atoms with Crippen molar-refractivity contribution in [3.63, 3.8) is 0 Å². The van der Waals surface area contributed by atoms with Crippen LogP contribution >= 0.6 is 0 Å². The maximum absolute atomic E-state index is 12.5. The van der Waals surface area contributed by atoms with Crippen LogP contribution in [0.5, 0.6) is 5.75 Å². The highest BCUT2D eigenvalue weighted by atomic mass is 16.5. The first-order valence-corrected chi connectivity index (χ1v) is 6.87. The molecule has 2 aromatic rings. The molecule has 2 aromatic carbocycles. The molecule has 2 amide bonds. The minimum atomic E-state index is -0.296. The molecule has 112 valence electrons. The molecule has 0 radical (unpaired) electrons. The number of benzene rings is 2. The Kier molecular flexibility index (Phi) is 3.33. The molecule has 3 rings (SSSR count). The van der Waals surface area contributed by atoms with E-state index in [0.29, 0.717) is 22.6 Å². The van der Waals surface area contributed by atoms with Crippen molar-refractivity contribution in [2.75, 3.05) is 31.0 Å². The molecule has 0 spiro atoms. The van der Waals surface area contributed by atoms with Crippen molar-refractivity contribution in [3.8, 4) is 5.75 Å². The monoisotopic (exact) mass is 296 g/mol. The van der Waals surface area contributed by atoms with E-state index in [4.69, 9.17) is 4.74 Å². The van der Waals surface area contributed by atoms with Gasteiger partial charge in [-0.05, 0) is 30.3 Å². The molecule has 5 heteroatoms. The summed E-state index contributed by atoms with van der Waals surface area (Å²) >= 11 is 0. The zero-order valence-corrected chi connectivity index (χ0v) is 12.7. The molecular formula is C17H16N2O3. The molecular weight excluding hydrogens is 280 g/mol. The summed E-state index contributed by atoms with van der Waals surface area (Å²) in [6.45, 7) is 0. The van der Waals surface area contributed by atoms with Gasteiger partial charge >= 0.3 is 0 Å². The number of carbonyl (C=O) groups is 2. The highest BCUT2D eigenvalue weighted by Crippen LogP contribution is 2.35. The molecule has 0 unspecified atom stereocenters. The van der Waals surface area contributed by atoms with Crippen molar-refractivity contribution in [2.45, 2.75) is 0 Å². The predicted octanol–water partition coefficient (Wildman–Crippen LogP) is 2.56. The lowest BCUT2D eigenvalue weighted by Gasteiger charge is -2.20. The van der Waals surface area contributed by atoms with E-state index < -0.39 is 0 Å². The van der Waals surface area contributed by atoms with Gasteiger partial charge in [-0.25, -0.2) is 4.90 Å². The molecule has 0 aliphatic carbocycles. The van der Waals surface area contributed by atoms with Gasteiger partial charge in [0.05, 0.1) is 29.6 Å². The van der Waals surface area contributed by atoms with Crippen molar-refractivity contribution < 1.29 is 14.3 Å². The largest absolute Gasteiger partial charge is 0.495 e. The third-order valence-electron chi connectivity index (χ3n) is 3.70. The quantitative estimate of drug-likeness (QED) is 0.817. The summed E-state index contributed by atoms with van der Waals surface area (Å²) in [5.41, 5.74) is 2.22. The molecule has 0 atom stereocenters. The van der Waals surface area contributed by atoms with Crippen LogP contribution in [-0.4, -0.2) is 33.0 Å². The van der Waals surface area contributed by atoms with Gasteiger partial charge in [0, 0.05) is 14.1 Å². The van der Waals surface area contributed by atoms with Crippen LogP contribution in [0.25, 0.3) is 0 Å². The molecule has 22 heavy (non-hydrogen) atoms. The zero-order valence-electron chi connectivity index (χ0n) is 12.7. The van der Waals surface area contributed by atoms with Crippen molar-refractivity contribution in [1.29, 1.82) is 0 Å². The Morgan fingerprint density at radius 1 is 0.955 bits per heavy atom. The SMILES string of the molecule is COc1ccc(N2C(=O)c3ccccc3C2=O)cc1N(C)C. The van der Waals surface area contributed by atoms with E-state index in [1.807, 2.05) is 19.0 Å². The van der Waals surface area contributed by atoms with E-state index in [-0.39, 0.29) is 11.8 Å². The number of fused-ring (bicyclic) bond motifs is 1. The summed E-state index contributed by atoms with van der Waals surface area (Å²) in [5, 5.41) is 0. The summed E-state index contributed by atoms with van der Waals surface area (Å²) in [5.74, 6) is 0.0938. The van der Waals surface area contributed by atoms with Gasteiger partial charge in [0.1, 0.15) is 5.75 Å². The predicted molar refractivity (Wildman–Crippen MR) is 84.9 cm³/mol. The highest BCUT2D eigenvalue weighted by Gasteiger charge is 2.36. The topological polar surface area (TPSA) is 49.9 Å². The van der Waals surface area contributed by atoms with E-state index in [9.17, 15) is 9.59 Å². The van der Waals surface area contributed by atoms with E-state index in [2.05, 4.69) is 0 Å². The first-order valence-electron chi connectivity index (χ1n) is 6.87. The molecule has 1 aliphatic rings. The number of nitrogens with zero attached hydrogens (tertiary/aromatic N) is 2. The van der Waals surface area contributed by atoms with Gasteiger partial charge in [-0.1, -0.05) is 12.1 Å². The highest BCUT2D eigenvalue weighted by molar-refractivity contribution is 6.34. The number of carbonyl (C=O) groups excluding carboxylic acids is 2. The number of amides is 2. The van der Waals surface area contributed by atoms with Gasteiger partial charge in [0.25, 0.3) is 11.8 Å². The summed E-state index contributed by atoms with van der Waals surface area (Å²) < 4.78 is 5.31. The fourth-order valence-corrected chi connectivity index (χ4v) is 2.59.